The van der Waals surface area contributed by atoms with Gasteiger partial charge >= 0.3 is 0 Å². The van der Waals surface area contributed by atoms with Crippen molar-refractivity contribution in [2.45, 2.75) is 13.3 Å². The molecule has 0 aliphatic heterocycles. The van der Waals surface area contributed by atoms with Crippen LogP contribution >= 0.6 is 0 Å². The Hall–Kier alpha value is -2.37. The fourth-order valence-corrected chi connectivity index (χ4v) is 1.58. The molecule has 1 amide bonds. The highest BCUT2D eigenvalue weighted by atomic mass is 19.1. The Bertz CT molecular complexity index is 583. The van der Waals surface area contributed by atoms with Crippen LogP contribution in [0.1, 0.15) is 22.7 Å². The van der Waals surface area contributed by atoms with Crippen molar-refractivity contribution in [2.24, 2.45) is 0 Å². The van der Waals surface area contributed by atoms with Gasteiger partial charge < -0.3 is 14.6 Å². The molecule has 0 aliphatic carbocycles. The Morgan fingerprint density at radius 2 is 2.25 bits per heavy atom. The predicted octanol–water partition coefficient (Wildman–Crippen LogP) is 2.32. The molecule has 1 heterocycles. The van der Waals surface area contributed by atoms with Crippen LogP contribution in [-0.2, 0) is 0 Å². The summed E-state index contributed by atoms with van der Waals surface area (Å²) in [6.07, 6.45) is 0.563. The van der Waals surface area contributed by atoms with E-state index in [4.69, 9.17) is 9.26 Å². The van der Waals surface area contributed by atoms with Gasteiger partial charge in [-0.2, -0.15) is 0 Å². The number of aromatic nitrogens is 1. The number of aryl methyl sites for hydroxylation is 1. The predicted molar refractivity (Wildman–Crippen MR) is 70.1 cm³/mol. The van der Waals surface area contributed by atoms with E-state index in [9.17, 15) is 9.18 Å². The number of amides is 1. The Labute approximate surface area is 115 Å². The zero-order valence-corrected chi connectivity index (χ0v) is 11.1. The molecule has 0 unspecified atom stereocenters. The molecule has 6 heteroatoms. The molecule has 0 radical (unpaired) electrons. The minimum absolute atomic E-state index is 0.178. The normalized spacial score (nSPS) is 10.3. The molecule has 0 fully saturated rings. The van der Waals surface area contributed by atoms with E-state index in [1.165, 1.54) is 6.07 Å². The molecular formula is C14H15FN2O3. The van der Waals surface area contributed by atoms with Gasteiger partial charge in [-0.05, 0) is 25.5 Å². The summed E-state index contributed by atoms with van der Waals surface area (Å²) in [5.74, 6) is -0.327. The molecule has 1 aromatic carbocycles. The van der Waals surface area contributed by atoms with Crippen LogP contribution in [0.5, 0.6) is 5.75 Å². The average Bonchev–Trinajstić information content (AvgIpc) is 2.87. The number of halogens is 1. The van der Waals surface area contributed by atoms with E-state index < -0.39 is 5.82 Å². The molecule has 0 saturated heterocycles. The van der Waals surface area contributed by atoms with Crippen molar-refractivity contribution in [3.8, 4) is 5.75 Å². The van der Waals surface area contributed by atoms with Gasteiger partial charge in [-0.1, -0.05) is 17.3 Å². The largest absolute Gasteiger partial charge is 0.490 e. The number of nitrogens with zero attached hydrogens (tertiary/aromatic N) is 1. The van der Waals surface area contributed by atoms with Gasteiger partial charge in [-0.15, -0.1) is 0 Å². The lowest BCUT2D eigenvalue weighted by atomic mass is 10.3. The number of rotatable bonds is 6. The summed E-state index contributed by atoms with van der Waals surface area (Å²) < 4.78 is 23.3. The molecular weight excluding hydrogens is 263 g/mol. The summed E-state index contributed by atoms with van der Waals surface area (Å²) in [4.78, 5) is 11.6. The highest BCUT2D eigenvalue weighted by Crippen LogP contribution is 2.15. The van der Waals surface area contributed by atoms with Gasteiger partial charge in [-0.25, -0.2) is 4.39 Å². The minimum Gasteiger partial charge on any atom is -0.490 e. The van der Waals surface area contributed by atoms with Gasteiger partial charge in [0.15, 0.2) is 11.6 Å². The van der Waals surface area contributed by atoms with Crippen molar-refractivity contribution in [1.82, 2.24) is 10.5 Å². The number of benzene rings is 1. The number of hydrogen-bond acceptors (Lipinski definition) is 4. The quantitative estimate of drug-likeness (QED) is 0.824. The van der Waals surface area contributed by atoms with E-state index >= 15 is 0 Å². The summed E-state index contributed by atoms with van der Waals surface area (Å²) in [6.45, 7) is 2.46. The smallest absolute Gasteiger partial charge is 0.289 e. The van der Waals surface area contributed by atoms with E-state index in [1.807, 2.05) is 0 Å². The molecule has 0 bridgehead atoms. The standard InChI is InChI=1S/C14H15FN2O3/c1-10-9-13(20-17-10)14(18)16-7-4-8-19-12-6-3-2-5-11(12)15/h2-3,5-6,9H,4,7-8H2,1H3,(H,16,18). The first-order valence-corrected chi connectivity index (χ1v) is 6.25. The maximum Gasteiger partial charge on any atom is 0.289 e. The molecule has 0 spiro atoms. The number of nitrogens with one attached hydrogen (secondary N) is 1. The number of carbonyl (C=O) groups excluding carboxylic acids is 1. The van der Waals surface area contributed by atoms with Crippen molar-refractivity contribution in [3.63, 3.8) is 0 Å². The summed E-state index contributed by atoms with van der Waals surface area (Å²) in [7, 11) is 0. The number of hydrogen-bond donors (Lipinski definition) is 1. The van der Waals surface area contributed by atoms with E-state index in [2.05, 4.69) is 10.5 Å². The first-order valence-electron chi connectivity index (χ1n) is 6.25. The monoisotopic (exact) mass is 278 g/mol. The van der Waals surface area contributed by atoms with Crippen LogP contribution in [0, 0.1) is 12.7 Å². The Morgan fingerprint density at radius 3 is 2.95 bits per heavy atom. The van der Waals surface area contributed by atoms with Gasteiger partial charge in [-0.3, -0.25) is 4.79 Å². The highest BCUT2D eigenvalue weighted by Gasteiger charge is 2.10. The SMILES string of the molecule is Cc1cc(C(=O)NCCCOc2ccccc2F)on1. The Kier molecular flexibility index (Phi) is 4.70. The van der Waals surface area contributed by atoms with Crippen LogP contribution in [0.15, 0.2) is 34.9 Å². The number of ether oxygens (including phenoxy) is 1. The van der Waals surface area contributed by atoms with Gasteiger partial charge in [0.2, 0.25) is 5.76 Å². The second-order valence-electron chi connectivity index (χ2n) is 4.22. The van der Waals surface area contributed by atoms with Gasteiger partial charge in [0.1, 0.15) is 0 Å². The van der Waals surface area contributed by atoms with E-state index in [-0.39, 0.29) is 17.4 Å². The second kappa shape index (κ2) is 6.70. The van der Waals surface area contributed by atoms with E-state index in [1.54, 1.807) is 31.2 Å². The zero-order valence-electron chi connectivity index (χ0n) is 11.1. The van der Waals surface area contributed by atoms with E-state index in [0.29, 0.717) is 25.3 Å². The van der Waals surface area contributed by atoms with Crippen LogP contribution < -0.4 is 10.1 Å². The molecule has 1 N–H and O–H groups in total. The van der Waals surface area contributed by atoms with E-state index in [0.717, 1.165) is 0 Å². The van der Waals surface area contributed by atoms with Crippen LogP contribution in [0.2, 0.25) is 0 Å². The molecule has 2 aromatic rings. The zero-order chi connectivity index (χ0) is 14.4. The Balaban J connectivity index is 1.67. The van der Waals surface area contributed by atoms with Gasteiger partial charge in [0.25, 0.3) is 5.91 Å². The second-order valence-corrected chi connectivity index (χ2v) is 4.22. The molecule has 106 valence electrons. The molecule has 5 nitrogen and oxygen atoms in total. The van der Waals surface area contributed by atoms with Gasteiger partial charge in [0, 0.05) is 12.6 Å². The molecule has 2 rings (SSSR count). The molecule has 0 saturated carbocycles. The highest BCUT2D eigenvalue weighted by molar-refractivity contribution is 5.91. The first-order chi connectivity index (χ1) is 9.66. The third-order valence-electron chi connectivity index (χ3n) is 2.55. The van der Waals surface area contributed by atoms with Crippen molar-refractivity contribution in [2.75, 3.05) is 13.2 Å². The third-order valence-corrected chi connectivity index (χ3v) is 2.55. The average molecular weight is 278 g/mol. The Morgan fingerprint density at radius 1 is 1.45 bits per heavy atom. The van der Waals surface area contributed by atoms with Gasteiger partial charge in [0.05, 0.1) is 12.3 Å². The summed E-state index contributed by atoms with van der Waals surface area (Å²) in [5.41, 5.74) is 0.651. The van der Waals surface area contributed by atoms with Crippen LogP contribution in [-0.4, -0.2) is 24.2 Å². The number of para-hydroxylation sites is 1. The van der Waals surface area contributed by atoms with Crippen LogP contribution in [0.4, 0.5) is 4.39 Å². The maximum absolute atomic E-state index is 13.2. The topological polar surface area (TPSA) is 64.4 Å². The van der Waals surface area contributed by atoms with Crippen LogP contribution in [0.25, 0.3) is 0 Å². The van der Waals surface area contributed by atoms with Crippen molar-refractivity contribution in [1.29, 1.82) is 0 Å². The summed E-state index contributed by atoms with van der Waals surface area (Å²) in [5, 5.41) is 6.30. The fraction of sp³-hybridized carbons (Fsp3) is 0.286. The van der Waals surface area contributed by atoms with Crippen molar-refractivity contribution < 1.29 is 18.4 Å². The minimum atomic E-state index is -0.395. The maximum atomic E-state index is 13.2. The first kappa shape index (κ1) is 14.0. The lowest BCUT2D eigenvalue weighted by Gasteiger charge is -2.07. The number of carbonyl (C=O) groups is 1. The molecule has 0 atom stereocenters. The summed E-state index contributed by atoms with van der Waals surface area (Å²) in [6, 6.07) is 7.76. The molecule has 0 aliphatic rings. The molecule has 1 aromatic heterocycles. The lowest BCUT2D eigenvalue weighted by molar-refractivity contribution is 0.0914. The summed E-state index contributed by atoms with van der Waals surface area (Å²) >= 11 is 0. The fourth-order valence-electron chi connectivity index (χ4n) is 1.58. The lowest BCUT2D eigenvalue weighted by Crippen LogP contribution is -2.25. The van der Waals surface area contributed by atoms with Crippen LogP contribution in [0.3, 0.4) is 0 Å². The van der Waals surface area contributed by atoms with Crippen molar-refractivity contribution in [3.05, 3.63) is 47.6 Å². The third kappa shape index (κ3) is 3.81. The van der Waals surface area contributed by atoms with Crippen molar-refractivity contribution >= 4 is 5.91 Å². The molecule has 20 heavy (non-hydrogen) atoms.